The van der Waals surface area contributed by atoms with Gasteiger partial charge in [0, 0.05) is 135 Å². The molecule has 600 valence electrons. The Morgan fingerprint density at radius 2 is 0.880 bits per heavy atom. The highest BCUT2D eigenvalue weighted by Gasteiger charge is 2.21. The molecule has 0 spiro atoms. The van der Waals surface area contributed by atoms with Gasteiger partial charge in [-0.1, -0.05) is 120 Å². The van der Waals surface area contributed by atoms with Crippen LogP contribution in [0.5, 0.6) is 17.6 Å². The number of H-pyrrole nitrogens is 1. The van der Waals surface area contributed by atoms with Crippen LogP contribution in [0.25, 0.3) is 55.2 Å². The van der Waals surface area contributed by atoms with E-state index in [1.165, 1.54) is 17.0 Å². The molecule has 0 fully saturated rings. The van der Waals surface area contributed by atoms with Crippen molar-refractivity contribution in [1.29, 1.82) is 0 Å². The molecule has 0 atom stereocenters. The van der Waals surface area contributed by atoms with Crippen molar-refractivity contribution in [2.24, 2.45) is 5.73 Å². The number of esters is 1. The summed E-state index contributed by atoms with van der Waals surface area (Å²) in [5.41, 5.74) is 10.1. The first-order valence-corrected chi connectivity index (χ1v) is 55.5. The minimum absolute atomic E-state index is 0.215. The lowest BCUT2D eigenvalue weighted by Crippen LogP contribution is -2.24. The molecule has 0 bridgehead atoms. The topological polar surface area (TPSA) is 217 Å². The second-order valence-electron chi connectivity index (χ2n) is 30.8. The zero-order valence-electron chi connectivity index (χ0n) is 67.8. The molecule has 30 heteroatoms. The van der Waals surface area contributed by atoms with Gasteiger partial charge in [-0.25, -0.2) is 9.97 Å². The Morgan fingerprint density at radius 3 is 1.29 bits per heavy atom. The molecule has 1 aliphatic heterocycles. The maximum absolute atomic E-state index is 13.4. The summed E-state index contributed by atoms with van der Waals surface area (Å²) in [6.45, 7) is 52.9. The summed E-state index contributed by atoms with van der Waals surface area (Å²) in [7, 11) is -4.24. The number of carbonyl (C=O) groups excluding carboxylic acids is 1. The summed E-state index contributed by atoms with van der Waals surface area (Å²) in [4.78, 5) is 36.1. The van der Waals surface area contributed by atoms with Crippen molar-refractivity contribution >= 4 is 157 Å². The third-order valence-electron chi connectivity index (χ3n) is 15.5. The van der Waals surface area contributed by atoms with E-state index in [0.717, 1.165) is 117 Å². The van der Waals surface area contributed by atoms with Gasteiger partial charge in [0.1, 0.15) is 67.4 Å². The molecule has 0 aliphatic carbocycles. The lowest BCUT2D eigenvalue weighted by atomic mass is 10.1. The van der Waals surface area contributed by atoms with Crippen LogP contribution >= 0.6 is 63.7 Å². The van der Waals surface area contributed by atoms with E-state index in [-0.39, 0.29) is 5.97 Å². The Bertz CT molecular complexity index is 4280. The van der Waals surface area contributed by atoms with E-state index in [1.54, 1.807) is 18.3 Å². The first-order chi connectivity index (χ1) is 51.0. The molecule has 10 aromatic heterocycles. The molecule has 1 aliphatic rings. The monoisotopic (exact) mass is 1820 g/mol. The molecule has 0 amide bonds. The van der Waals surface area contributed by atoms with Crippen molar-refractivity contribution in [3.63, 3.8) is 0 Å². The Labute approximate surface area is 678 Å². The van der Waals surface area contributed by atoms with Crippen LogP contribution in [0.2, 0.25) is 103 Å². The normalized spacial score (nSPS) is 12.1. The lowest BCUT2D eigenvalue weighted by Gasteiger charge is -2.19. The van der Waals surface area contributed by atoms with Gasteiger partial charge in [-0.05, 0) is 189 Å². The van der Waals surface area contributed by atoms with E-state index < -0.39 is 49.8 Å². The number of aryl methyl sites for hydroxylation is 1. The summed E-state index contributed by atoms with van der Waals surface area (Å²) < 4.78 is 82.0. The number of nitrogens with zero attached hydrogens (tertiary/aromatic N) is 9. The first-order valence-electron chi connectivity index (χ1n) is 37.5. The number of hydrogen-bond donors (Lipinski definition) is 2. The first kappa shape index (κ1) is 95.1. The van der Waals surface area contributed by atoms with Crippen LogP contribution in [0.4, 0.5) is 8.78 Å². The summed E-state index contributed by atoms with van der Waals surface area (Å²) >= 11 is 13.2. The van der Waals surface area contributed by atoms with E-state index in [4.69, 9.17) is 43.6 Å². The van der Waals surface area contributed by atoms with Gasteiger partial charge in [-0.2, -0.15) is 23.7 Å². The van der Waals surface area contributed by atoms with Crippen molar-refractivity contribution in [3.05, 3.63) is 127 Å². The Morgan fingerprint density at radius 1 is 0.509 bits per heavy atom. The van der Waals surface area contributed by atoms with Crippen LogP contribution in [0.15, 0.2) is 110 Å². The van der Waals surface area contributed by atoms with Gasteiger partial charge in [-0.15, -0.1) is 0 Å². The summed E-state index contributed by atoms with van der Waals surface area (Å²) in [5, 5.41) is 5.06. The third-order valence-corrected chi connectivity index (χ3v) is 24.5. The van der Waals surface area contributed by atoms with E-state index in [0.29, 0.717) is 91.5 Å². The summed E-state index contributed by atoms with van der Waals surface area (Å²) in [5.74, 6) is 0.696. The van der Waals surface area contributed by atoms with E-state index in [1.807, 2.05) is 131 Å². The average molecular weight is 1830 g/mol. The highest BCUT2D eigenvalue weighted by molar-refractivity contribution is 9.11. The standard InChI is InChI=1S/C21H33BrN2O4Si.C16H24N2O2Si.C15H24BrN3O2Si.C13H18BrFN2OSi.C7H4BrFN2.3C2H6/c1-21(2,3)28-18(25)8-7-11-27-20-17(22)14-16-9-10-24(19(16)23-20)15-26-12-13-29(4,5)6;1-21(2,3)10-9-19-12-18-7-6-13-11-14-5-4-8-20-16(14)17-15(13)18;1-22(2,3)9-8-20-11-19-6-4-12-10-13(16)15(18-14(12)19)21-7-5-17;1-19(2,3)7-6-18-9-17-5-4-10-8-11(14)12(15)16-13(10)17;8-5-3-4-1-2-10-7(4)11-6(5)9;3*1-2/h9-10,14H,7-8,11-13,15H2,1-6H3;6-7,11H,4-5,8-10,12H2,1-3H3;4,6,10H,5,7-9,11,17H2,1-3H3;4-5,8H,6-7,9H2,1-3H3;1-3H,(H,10,11);3*1-2H3. The molecule has 3 N–H and O–H groups in total. The average Bonchev–Trinajstić information content (AvgIpc) is 1.64. The zero-order valence-corrected chi connectivity index (χ0v) is 78.2. The summed E-state index contributed by atoms with van der Waals surface area (Å²) in [6.07, 6.45) is 12.7. The number of aromatic amines is 1. The van der Waals surface area contributed by atoms with Crippen LogP contribution in [-0.2, 0) is 61.8 Å². The number of carbonyl (C=O) groups is 1. The van der Waals surface area contributed by atoms with Crippen molar-refractivity contribution in [1.82, 2.24) is 48.2 Å². The fourth-order valence-electron chi connectivity index (χ4n) is 9.73. The number of pyridine rings is 5. The van der Waals surface area contributed by atoms with Gasteiger partial charge < -0.3 is 66.9 Å². The second-order valence-corrected chi connectivity index (χ2v) is 56.7. The summed E-state index contributed by atoms with van der Waals surface area (Å²) in [6, 6.07) is 24.1. The highest BCUT2D eigenvalue weighted by atomic mass is 79.9. The predicted octanol–water partition coefficient (Wildman–Crippen LogP) is 22.5. The number of halogens is 6. The van der Waals surface area contributed by atoms with Gasteiger partial charge in [0.15, 0.2) is 0 Å². The van der Waals surface area contributed by atoms with Gasteiger partial charge >= 0.3 is 5.97 Å². The van der Waals surface area contributed by atoms with E-state index >= 15 is 0 Å². The fraction of sp³-hybridized carbons (Fsp3) is 0.538. The Kier molecular flexibility index (Phi) is 41.1. The Hall–Kier alpha value is -5.23. The largest absolute Gasteiger partial charge is 0.477 e. The number of aromatic nitrogens is 10. The SMILES string of the molecule is CC.CC.CC.CC(C)(C)OC(=O)CCCOc1nc2c(ccn2COCC[Si](C)(C)C)cc1Br.C[Si](C)(C)CCOCn1ccc2cc(Br)c(F)nc21.C[Si](C)(C)CCOCn1ccc2cc(Br)c(OCCN)nc21.C[Si](C)(C)CCOCn1ccc2cc3c(nc21)OCCC3.Fc1nc2[nH]ccc2cc1Br. The minimum Gasteiger partial charge on any atom is -0.477 e. The molecule has 10 aromatic rings. The number of rotatable bonds is 28. The van der Waals surface area contributed by atoms with Crippen LogP contribution in [-0.4, -0.2) is 145 Å². The number of ether oxygens (including phenoxy) is 8. The van der Waals surface area contributed by atoms with Gasteiger partial charge in [0.05, 0.1) is 31.1 Å². The molecule has 0 radical (unpaired) electrons. The molecular formula is C78H121Br4F2N11O9Si4. The molecule has 0 saturated carbocycles. The molecule has 11 heterocycles. The molecular weight excluding hydrogens is 1700 g/mol. The zero-order chi connectivity index (χ0) is 80.6. The molecule has 0 unspecified atom stereocenters. The van der Waals surface area contributed by atoms with Crippen LogP contribution < -0.4 is 19.9 Å². The van der Waals surface area contributed by atoms with Gasteiger partial charge in [0.2, 0.25) is 29.5 Å². The minimum atomic E-state index is -1.10. The van der Waals surface area contributed by atoms with Crippen LogP contribution in [0.1, 0.15) is 87.1 Å². The number of fused-ring (bicyclic) bond motifs is 6. The Balaban J connectivity index is 0.000000286. The number of nitrogens with two attached hydrogens (primary N) is 1. The number of nitrogens with one attached hydrogen (secondary N) is 1. The predicted molar refractivity (Wildman–Crippen MR) is 465 cm³/mol. The fourth-order valence-corrected chi connectivity index (χ4v) is 14.3. The van der Waals surface area contributed by atoms with Crippen LogP contribution in [0, 0.1) is 11.9 Å². The van der Waals surface area contributed by atoms with E-state index in [2.05, 4.69) is 195 Å². The smallest absolute Gasteiger partial charge is 0.306 e. The maximum Gasteiger partial charge on any atom is 0.306 e. The lowest BCUT2D eigenvalue weighted by molar-refractivity contribution is -0.155. The maximum atomic E-state index is 13.4. The van der Waals surface area contributed by atoms with Crippen LogP contribution in [0.3, 0.4) is 0 Å². The quantitative estimate of drug-likeness (QED) is 0.0202. The van der Waals surface area contributed by atoms with Gasteiger partial charge in [-0.3, -0.25) is 4.79 Å². The molecule has 108 heavy (non-hydrogen) atoms. The van der Waals surface area contributed by atoms with Crippen molar-refractivity contribution in [2.75, 3.05) is 52.8 Å². The highest BCUT2D eigenvalue weighted by Crippen LogP contribution is 2.32. The number of hydrogen-bond acceptors (Lipinski definition) is 15. The van der Waals surface area contributed by atoms with Gasteiger partial charge in [0.25, 0.3) is 0 Å². The third kappa shape index (κ3) is 34.0. The molecule has 11 rings (SSSR count). The van der Waals surface area contributed by atoms with Crippen molar-refractivity contribution < 1.29 is 51.5 Å². The molecule has 0 aromatic carbocycles. The second kappa shape index (κ2) is 46.7. The van der Waals surface area contributed by atoms with E-state index in [9.17, 15) is 13.6 Å². The molecule has 0 saturated heterocycles. The molecule has 20 nitrogen and oxygen atoms in total. The van der Waals surface area contributed by atoms with Crippen molar-refractivity contribution in [3.8, 4) is 17.6 Å². The van der Waals surface area contributed by atoms with Crippen molar-refractivity contribution in [2.45, 2.75) is 223 Å².